The first kappa shape index (κ1) is 11.2. The molecule has 0 aliphatic carbocycles. The average Bonchev–Trinajstić information content (AvgIpc) is 1.99. The SMILES string of the molecule is CCC(C)(C#N)NCC(F)(F)F. The lowest BCUT2D eigenvalue weighted by Gasteiger charge is -2.21. The normalized spacial score (nSPS) is 16.7. The van der Waals surface area contributed by atoms with Crippen LogP contribution in [-0.4, -0.2) is 18.3 Å². The maximum absolute atomic E-state index is 11.7. The van der Waals surface area contributed by atoms with Gasteiger partial charge in [-0.1, -0.05) is 6.92 Å². The average molecular weight is 180 g/mol. The monoisotopic (exact) mass is 180 g/mol. The highest BCUT2D eigenvalue weighted by Crippen LogP contribution is 2.15. The van der Waals surface area contributed by atoms with Gasteiger partial charge in [-0.25, -0.2) is 0 Å². The van der Waals surface area contributed by atoms with E-state index in [0.29, 0.717) is 6.42 Å². The van der Waals surface area contributed by atoms with Gasteiger partial charge in [0.1, 0.15) is 5.54 Å². The van der Waals surface area contributed by atoms with Crippen LogP contribution in [0.5, 0.6) is 0 Å². The molecule has 5 heteroatoms. The Bertz CT molecular complexity index is 182. The van der Waals surface area contributed by atoms with Gasteiger partial charge in [0.05, 0.1) is 12.6 Å². The van der Waals surface area contributed by atoms with E-state index >= 15 is 0 Å². The molecule has 0 aliphatic heterocycles. The van der Waals surface area contributed by atoms with E-state index in [2.05, 4.69) is 5.32 Å². The molecule has 1 unspecified atom stereocenters. The molecule has 0 amide bonds. The van der Waals surface area contributed by atoms with Crippen molar-refractivity contribution in [2.24, 2.45) is 0 Å². The zero-order valence-corrected chi connectivity index (χ0v) is 7.00. The van der Waals surface area contributed by atoms with Crippen LogP contribution in [0, 0.1) is 11.3 Å². The summed E-state index contributed by atoms with van der Waals surface area (Å²) in [5.74, 6) is 0. The lowest BCUT2D eigenvalue weighted by atomic mass is 10.0. The Hall–Kier alpha value is -0.760. The number of hydrogen-bond acceptors (Lipinski definition) is 2. The van der Waals surface area contributed by atoms with Gasteiger partial charge >= 0.3 is 6.18 Å². The van der Waals surface area contributed by atoms with Gasteiger partial charge < -0.3 is 0 Å². The Morgan fingerprint density at radius 2 is 1.92 bits per heavy atom. The fraction of sp³-hybridized carbons (Fsp3) is 0.857. The van der Waals surface area contributed by atoms with Gasteiger partial charge in [0.15, 0.2) is 0 Å². The van der Waals surface area contributed by atoms with Crippen molar-refractivity contribution in [3.8, 4) is 6.07 Å². The van der Waals surface area contributed by atoms with Gasteiger partial charge in [0, 0.05) is 0 Å². The Balaban J connectivity index is 4.01. The maximum atomic E-state index is 11.7. The van der Waals surface area contributed by atoms with Crippen molar-refractivity contribution in [1.82, 2.24) is 5.32 Å². The molecule has 0 saturated carbocycles. The molecule has 2 nitrogen and oxygen atoms in total. The van der Waals surface area contributed by atoms with E-state index in [9.17, 15) is 13.2 Å². The molecule has 0 radical (unpaired) electrons. The van der Waals surface area contributed by atoms with E-state index in [1.54, 1.807) is 13.0 Å². The zero-order valence-electron chi connectivity index (χ0n) is 7.00. The Morgan fingerprint density at radius 1 is 1.42 bits per heavy atom. The summed E-state index contributed by atoms with van der Waals surface area (Å²) in [5, 5.41) is 10.7. The minimum atomic E-state index is -4.26. The summed E-state index contributed by atoms with van der Waals surface area (Å²) in [5.41, 5.74) is -1.07. The van der Waals surface area contributed by atoms with Gasteiger partial charge in [-0.05, 0) is 13.3 Å². The molecule has 0 aromatic carbocycles. The fourth-order valence-corrected chi connectivity index (χ4v) is 0.539. The van der Waals surface area contributed by atoms with Crippen LogP contribution in [0.2, 0.25) is 0 Å². The van der Waals surface area contributed by atoms with Crippen molar-refractivity contribution in [3.63, 3.8) is 0 Å². The standard InChI is InChI=1S/C7H11F3N2/c1-3-6(2,4-11)12-5-7(8,9)10/h12H,3,5H2,1-2H3. The Morgan fingerprint density at radius 3 is 2.17 bits per heavy atom. The Kier molecular flexibility index (Phi) is 3.53. The van der Waals surface area contributed by atoms with E-state index < -0.39 is 18.3 Å². The highest BCUT2D eigenvalue weighted by molar-refractivity contribution is 5.02. The number of nitrogens with one attached hydrogen (secondary N) is 1. The summed E-state index contributed by atoms with van der Waals surface area (Å²) in [6.07, 6.45) is -3.91. The molecule has 0 fully saturated rings. The molecule has 0 bridgehead atoms. The third kappa shape index (κ3) is 4.19. The minimum absolute atomic E-state index is 0.347. The van der Waals surface area contributed by atoms with Gasteiger partial charge in [-0.2, -0.15) is 18.4 Å². The van der Waals surface area contributed by atoms with E-state index in [1.165, 1.54) is 6.92 Å². The lowest BCUT2D eigenvalue weighted by Crippen LogP contribution is -2.45. The van der Waals surface area contributed by atoms with E-state index in [1.807, 2.05) is 0 Å². The molecule has 0 aromatic heterocycles. The second-order valence-electron chi connectivity index (χ2n) is 2.77. The lowest BCUT2D eigenvalue weighted by molar-refractivity contribution is -0.127. The number of halogens is 3. The van der Waals surface area contributed by atoms with E-state index in [0.717, 1.165) is 0 Å². The second kappa shape index (κ2) is 3.76. The highest BCUT2D eigenvalue weighted by atomic mass is 19.4. The molecule has 1 atom stereocenters. The highest BCUT2D eigenvalue weighted by Gasteiger charge is 2.31. The minimum Gasteiger partial charge on any atom is -0.291 e. The number of alkyl halides is 3. The first-order valence-electron chi connectivity index (χ1n) is 3.56. The third-order valence-corrected chi connectivity index (χ3v) is 1.63. The molecular formula is C7H11F3N2. The summed E-state index contributed by atoms with van der Waals surface area (Å²) >= 11 is 0. The van der Waals surface area contributed by atoms with Gasteiger partial charge in [0.2, 0.25) is 0 Å². The van der Waals surface area contributed by atoms with E-state index in [-0.39, 0.29) is 0 Å². The predicted molar refractivity (Wildman–Crippen MR) is 38.4 cm³/mol. The summed E-state index contributed by atoms with van der Waals surface area (Å²) in [4.78, 5) is 0. The van der Waals surface area contributed by atoms with Gasteiger partial charge in [-0.3, -0.25) is 5.32 Å². The van der Waals surface area contributed by atoms with Crippen LogP contribution in [0.15, 0.2) is 0 Å². The van der Waals surface area contributed by atoms with Crippen molar-refractivity contribution in [3.05, 3.63) is 0 Å². The molecule has 0 spiro atoms. The van der Waals surface area contributed by atoms with Crippen molar-refractivity contribution in [1.29, 1.82) is 5.26 Å². The van der Waals surface area contributed by atoms with Gasteiger partial charge in [-0.15, -0.1) is 0 Å². The molecule has 0 saturated heterocycles. The number of hydrogen-bond donors (Lipinski definition) is 1. The van der Waals surface area contributed by atoms with Crippen LogP contribution in [0.4, 0.5) is 13.2 Å². The van der Waals surface area contributed by atoms with Crippen LogP contribution in [-0.2, 0) is 0 Å². The summed E-state index contributed by atoms with van der Waals surface area (Å²) in [6, 6.07) is 1.79. The third-order valence-electron chi connectivity index (χ3n) is 1.63. The zero-order chi connectivity index (χ0) is 9.83. The first-order valence-corrected chi connectivity index (χ1v) is 3.56. The molecule has 1 N–H and O–H groups in total. The number of rotatable bonds is 3. The summed E-state index contributed by atoms with van der Waals surface area (Å²) < 4.78 is 35.1. The largest absolute Gasteiger partial charge is 0.401 e. The first-order chi connectivity index (χ1) is 5.33. The summed E-state index contributed by atoms with van der Waals surface area (Å²) in [6.45, 7) is 1.98. The molecule has 12 heavy (non-hydrogen) atoms. The number of nitriles is 1. The molecule has 0 rings (SSSR count). The number of nitrogens with zero attached hydrogens (tertiary/aromatic N) is 1. The molecule has 0 aliphatic rings. The van der Waals surface area contributed by atoms with Crippen LogP contribution in [0.25, 0.3) is 0 Å². The van der Waals surface area contributed by atoms with Crippen molar-refractivity contribution < 1.29 is 13.2 Å². The molecular weight excluding hydrogens is 169 g/mol. The topological polar surface area (TPSA) is 35.8 Å². The van der Waals surface area contributed by atoms with Gasteiger partial charge in [0.25, 0.3) is 0 Å². The molecule has 0 aromatic rings. The smallest absolute Gasteiger partial charge is 0.291 e. The van der Waals surface area contributed by atoms with Crippen molar-refractivity contribution in [2.45, 2.75) is 32.0 Å². The Labute approximate surface area is 69.4 Å². The predicted octanol–water partition coefficient (Wildman–Crippen LogP) is 1.83. The maximum Gasteiger partial charge on any atom is 0.401 e. The second-order valence-corrected chi connectivity index (χ2v) is 2.77. The van der Waals surface area contributed by atoms with Crippen LogP contribution < -0.4 is 5.32 Å². The van der Waals surface area contributed by atoms with Crippen molar-refractivity contribution in [2.75, 3.05) is 6.54 Å². The van der Waals surface area contributed by atoms with Crippen LogP contribution in [0.3, 0.4) is 0 Å². The van der Waals surface area contributed by atoms with Crippen molar-refractivity contribution >= 4 is 0 Å². The van der Waals surface area contributed by atoms with Crippen LogP contribution in [0.1, 0.15) is 20.3 Å². The quantitative estimate of drug-likeness (QED) is 0.719. The van der Waals surface area contributed by atoms with Crippen LogP contribution >= 0.6 is 0 Å². The molecule has 0 heterocycles. The summed E-state index contributed by atoms with van der Waals surface area (Å²) in [7, 11) is 0. The molecule has 70 valence electrons. The fourth-order valence-electron chi connectivity index (χ4n) is 0.539. The van der Waals surface area contributed by atoms with E-state index in [4.69, 9.17) is 5.26 Å².